The van der Waals surface area contributed by atoms with Crippen LogP contribution >= 0.6 is 0 Å². The lowest BCUT2D eigenvalue weighted by Crippen LogP contribution is -2.35. The summed E-state index contributed by atoms with van der Waals surface area (Å²) in [5, 5.41) is 19.0. The van der Waals surface area contributed by atoms with Crippen molar-refractivity contribution in [1.29, 1.82) is 0 Å². The van der Waals surface area contributed by atoms with Crippen LogP contribution in [0.2, 0.25) is 0 Å². The zero-order valence-electron chi connectivity index (χ0n) is 11.2. The summed E-state index contributed by atoms with van der Waals surface area (Å²) in [5.74, 6) is -2.51. The Labute approximate surface area is 121 Å². The summed E-state index contributed by atoms with van der Waals surface area (Å²) in [6.45, 7) is 0.512. The number of aromatic hydroxyl groups is 2. The van der Waals surface area contributed by atoms with E-state index in [0.29, 0.717) is 6.54 Å². The summed E-state index contributed by atoms with van der Waals surface area (Å²) < 4.78 is 13.5. The van der Waals surface area contributed by atoms with Crippen LogP contribution in [0.1, 0.15) is 22.3 Å². The van der Waals surface area contributed by atoms with Crippen LogP contribution in [0.3, 0.4) is 0 Å². The average Bonchev–Trinajstić information content (AvgIpc) is 2.49. The zero-order valence-corrected chi connectivity index (χ0v) is 11.2. The number of carbonyl (C=O) groups excluding carboxylic acids is 1. The second-order valence-corrected chi connectivity index (χ2v) is 5.01. The number of phenols is 2. The van der Waals surface area contributed by atoms with Gasteiger partial charge in [-0.25, -0.2) is 4.39 Å². The Hall–Kier alpha value is -2.56. The van der Waals surface area contributed by atoms with Crippen molar-refractivity contribution in [1.82, 2.24) is 0 Å². The number of carbonyl (C=O) groups is 1. The van der Waals surface area contributed by atoms with Gasteiger partial charge in [0.05, 0.1) is 5.56 Å². The van der Waals surface area contributed by atoms with E-state index in [2.05, 4.69) is 0 Å². The van der Waals surface area contributed by atoms with Crippen LogP contribution in [0.4, 0.5) is 10.1 Å². The van der Waals surface area contributed by atoms with Crippen LogP contribution in [-0.4, -0.2) is 22.7 Å². The normalized spacial score (nSPS) is 13.9. The van der Waals surface area contributed by atoms with E-state index in [1.165, 1.54) is 4.90 Å². The first-order chi connectivity index (χ1) is 10.1. The minimum atomic E-state index is -0.929. The molecule has 2 aromatic rings. The molecule has 2 aromatic carbocycles. The number of hydrogen-bond acceptors (Lipinski definition) is 3. The Kier molecular flexibility index (Phi) is 3.25. The smallest absolute Gasteiger partial charge is 0.262 e. The third-order valence-electron chi connectivity index (χ3n) is 3.65. The molecular weight excluding hydrogens is 273 g/mol. The Morgan fingerprint density at radius 2 is 1.90 bits per heavy atom. The van der Waals surface area contributed by atoms with Gasteiger partial charge in [0.2, 0.25) is 0 Å². The molecule has 5 heteroatoms. The van der Waals surface area contributed by atoms with Gasteiger partial charge in [0.25, 0.3) is 5.91 Å². The highest BCUT2D eigenvalue weighted by molar-refractivity contribution is 6.08. The molecule has 1 aliphatic rings. The fraction of sp³-hybridized carbons (Fsp3) is 0.188. The van der Waals surface area contributed by atoms with Gasteiger partial charge in [0.1, 0.15) is 5.75 Å². The number of halogens is 1. The number of amides is 1. The van der Waals surface area contributed by atoms with Crippen molar-refractivity contribution in [2.24, 2.45) is 0 Å². The molecule has 108 valence electrons. The standard InChI is InChI=1S/C16H14FNO3/c17-12-8-11(14(19)9-15(12)20)16(21)18-7-3-5-10-4-1-2-6-13(10)18/h1-2,4,6,8-9,19-20H,3,5,7H2. The molecule has 0 aromatic heterocycles. The maximum atomic E-state index is 13.5. The van der Waals surface area contributed by atoms with Gasteiger partial charge in [0.15, 0.2) is 11.6 Å². The van der Waals surface area contributed by atoms with Crippen molar-refractivity contribution in [3.63, 3.8) is 0 Å². The van der Waals surface area contributed by atoms with Gasteiger partial charge in [-0.05, 0) is 30.5 Å². The highest BCUT2D eigenvalue weighted by Gasteiger charge is 2.26. The minimum absolute atomic E-state index is 0.151. The van der Waals surface area contributed by atoms with Crippen LogP contribution in [-0.2, 0) is 6.42 Å². The molecule has 3 rings (SSSR count). The lowest BCUT2D eigenvalue weighted by Gasteiger charge is -2.29. The summed E-state index contributed by atoms with van der Waals surface area (Å²) in [6, 6.07) is 9.24. The van der Waals surface area contributed by atoms with E-state index < -0.39 is 23.2 Å². The Balaban J connectivity index is 2.03. The number of rotatable bonds is 1. The molecule has 0 bridgehead atoms. The fourth-order valence-corrected chi connectivity index (χ4v) is 2.61. The van der Waals surface area contributed by atoms with E-state index in [0.717, 1.165) is 36.2 Å². The Morgan fingerprint density at radius 3 is 2.71 bits per heavy atom. The average molecular weight is 287 g/mol. The van der Waals surface area contributed by atoms with E-state index in [1.807, 2.05) is 24.3 Å². The van der Waals surface area contributed by atoms with E-state index >= 15 is 0 Å². The number of aryl methyl sites for hydroxylation is 1. The summed E-state index contributed by atoms with van der Waals surface area (Å²) >= 11 is 0. The molecular formula is C16H14FNO3. The van der Waals surface area contributed by atoms with Crippen LogP contribution in [0.5, 0.6) is 11.5 Å². The molecule has 0 radical (unpaired) electrons. The van der Waals surface area contributed by atoms with E-state index in [-0.39, 0.29) is 5.56 Å². The number of phenolic OH excluding ortho intramolecular Hbond substituents is 2. The molecule has 0 saturated heterocycles. The number of hydrogen-bond donors (Lipinski definition) is 2. The predicted molar refractivity (Wildman–Crippen MR) is 76.2 cm³/mol. The predicted octanol–water partition coefficient (Wildman–Crippen LogP) is 2.83. The van der Waals surface area contributed by atoms with Crippen LogP contribution in [0, 0.1) is 5.82 Å². The maximum absolute atomic E-state index is 13.5. The highest BCUT2D eigenvalue weighted by Crippen LogP contribution is 2.32. The van der Waals surface area contributed by atoms with Crippen molar-refractivity contribution in [2.75, 3.05) is 11.4 Å². The van der Waals surface area contributed by atoms with Crippen LogP contribution in [0.15, 0.2) is 36.4 Å². The second kappa shape index (κ2) is 5.09. The molecule has 0 unspecified atom stereocenters. The molecule has 0 aliphatic carbocycles. The monoisotopic (exact) mass is 287 g/mol. The van der Waals surface area contributed by atoms with Gasteiger partial charge in [-0.15, -0.1) is 0 Å². The number of para-hydroxylation sites is 1. The lowest BCUT2D eigenvalue weighted by atomic mass is 10.0. The Morgan fingerprint density at radius 1 is 1.14 bits per heavy atom. The van der Waals surface area contributed by atoms with Crippen molar-refractivity contribution in [2.45, 2.75) is 12.8 Å². The van der Waals surface area contributed by atoms with E-state index in [9.17, 15) is 19.4 Å². The molecule has 0 atom stereocenters. The number of fused-ring (bicyclic) bond motifs is 1. The van der Waals surface area contributed by atoms with Crippen LogP contribution < -0.4 is 4.90 Å². The van der Waals surface area contributed by atoms with E-state index in [4.69, 9.17) is 0 Å². The summed E-state index contributed by atoms with van der Waals surface area (Å²) in [7, 11) is 0. The SMILES string of the molecule is O=C(c1cc(F)c(O)cc1O)N1CCCc2ccccc21. The lowest BCUT2D eigenvalue weighted by molar-refractivity contribution is 0.0982. The van der Waals surface area contributed by atoms with E-state index in [1.54, 1.807) is 0 Å². The van der Waals surface area contributed by atoms with Gasteiger partial charge in [-0.3, -0.25) is 4.79 Å². The summed E-state index contributed by atoms with van der Waals surface area (Å²) in [5.41, 5.74) is 1.68. The molecule has 1 amide bonds. The molecule has 0 spiro atoms. The quantitative estimate of drug-likeness (QED) is 0.848. The van der Waals surface area contributed by atoms with Gasteiger partial charge in [-0.2, -0.15) is 0 Å². The Bertz CT molecular complexity index is 715. The highest BCUT2D eigenvalue weighted by atomic mass is 19.1. The number of anilines is 1. The molecule has 1 heterocycles. The largest absolute Gasteiger partial charge is 0.507 e. The van der Waals surface area contributed by atoms with Gasteiger partial charge < -0.3 is 15.1 Å². The summed E-state index contributed by atoms with van der Waals surface area (Å²) in [4.78, 5) is 14.1. The maximum Gasteiger partial charge on any atom is 0.262 e. The van der Waals surface area contributed by atoms with Crippen molar-refractivity contribution in [3.05, 3.63) is 53.3 Å². The molecule has 0 saturated carbocycles. The van der Waals surface area contributed by atoms with Crippen molar-refractivity contribution >= 4 is 11.6 Å². The molecule has 2 N–H and O–H groups in total. The molecule has 1 aliphatic heterocycles. The zero-order chi connectivity index (χ0) is 15.0. The number of nitrogens with zero attached hydrogens (tertiary/aromatic N) is 1. The second-order valence-electron chi connectivity index (χ2n) is 5.01. The third-order valence-corrected chi connectivity index (χ3v) is 3.65. The van der Waals surface area contributed by atoms with Crippen molar-refractivity contribution < 1.29 is 19.4 Å². The molecule has 0 fully saturated rings. The third kappa shape index (κ3) is 2.31. The molecule has 4 nitrogen and oxygen atoms in total. The van der Waals surface area contributed by atoms with Crippen LogP contribution in [0.25, 0.3) is 0 Å². The van der Waals surface area contributed by atoms with Crippen molar-refractivity contribution in [3.8, 4) is 11.5 Å². The van der Waals surface area contributed by atoms with Gasteiger partial charge >= 0.3 is 0 Å². The number of benzene rings is 2. The minimum Gasteiger partial charge on any atom is -0.507 e. The van der Waals surface area contributed by atoms with Gasteiger partial charge in [0, 0.05) is 18.3 Å². The van der Waals surface area contributed by atoms with Gasteiger partial charge in [-0.1, -0.05) is 18.2 Å². The first-order valence-electron chi connectivity index (χ1n) is 6.69. The topological polar surface area (TPSA) is 60.8 Å². The fourth-order valence-electron chi connectivity index (χ4n) is 2.61. The first-order valence-corrected chi connectivity index (χ1v) is 6.69. The first kappa shape index (κ1) is 13.4. The summed E-state index contributed by atoms with van der Waals surface area (Å²) in [6.07, 6.45) is 1.69. The molecule has 21 heavy (non-hydrogen) atoms.